The van der Waals surface area contributed by atoms with E-state index in [1.807, 2.05) is 0 Å². The second-order valence-corrected chi connectivity index (χ2v) is 8.00. The number of H-pyrrole nitrogens is 1. The van der Waals surface area contributed by atoms with Gasteiger partial charge >= 0.3 is 18.3 Å². The van der Waals surface area contributed by atoms with E-state index in [0.29, 0.717) is 5.56 Å². The van der Waals surface area contributed by atoms with E-state index in [0.717, 1.165) is 11.6 Å². The average molecular weight is 549 g/mol. The molecule has 1 amide bonds. The molecule has 0 spiro atoms. The van der Waals surface area contributed by atoms with Crippen LogP contribution in [0.5, 0.6) is 5.75 Å². The highest BCUT2D eigenvalue weighted by molar-refractivity contribution is 5.89. The molecule has 0 saturated carbocycles. The summed E-state index contributed by atoms with van der Waals surface area (Å²) in [4.78, 5) is 35.5. The van der Waals surface area contributed by atoms with Crippen LogP contribution < -0.4 is 16.2 Å². The van der Waals surface area contributed by atoms with E-state index in [1.54, 1.807) is 12.1 Å². The number of nitrogens with one attached hydrogen (secondary N) is 2. The molecule has 7 N–H and O–H groups in total. The fourth-order valence-corrected chi connectivity index (χ4v) is 3.34. The summed E-state index contributed by atoms with van der Waals surface area (Å²) in [7, 11) is 0. The Balaban J connectivity index is 0.000000638. The Hall–Kier alpha value is -4.27. The van der Waals surface area contributed by atoms with Gasteiger partial charge in [-0.15, -0.1) is 0 Å². The van der Waals surface area contributed by atoms with Crippen LogP contribution in [0.15, 0.2) is 48.7 Å². The number of rotatable bonds is 7. The number of phenols is 1. The van der Waals surface area contributed by atoms with Crippen LogP contribution in [-0.2, 0) is 33.4 Å². The highest BCUT2D eigenvalue weighted by atomic mass is 19.4. The second kappa shape index (κ2) is 11.9. The van der Waals surface area contributed by atoms with E-state index in [-0.39, 0.29) is 29.5 Å². The Labute approximate surface area is 209 Å². The predicted molar refractivity (Wildman–Crippen MR) is 116 cm³/mol. The van der Waals surface area contributed by atoms with Crippen LogP contribution in [0.2, 0.25) is 0 Å². The van der Waals surface area contributed by atoms with Gasteiger partial charge in [0.25, 0.3) is 5.91 Å². The first-order valence-corrected chi connectivity index (χ1v) is 10.6. The van der Waals surface area contributed by atoms with Gasteiger partial charge < -0.3 is 36.1 Å². The summed E-state index contributed by atoms with van der Waals surface area (Å²) in [6.07, 6.45) is -8.41. The third kappa shape index (κ3) is 8.12. The lowest BCUT2D eigenvalue weighted by Crippen LogP contribution is -2.69. The number of carboxylic acids is 2. The third-order valence-electron chi connectivity index (χ3n) is 5.17. The molecule has 1 heterocycles. The topological polar surface area (TPSA) is 170 Å². The zero-order chi connectivity index (χ0) is 28.8. The van der Waals surface area contributed by atoms with Gasteiger partial charge in [-0.3, -0.25) is 4.79 Å². The van der Waals surface area contributed by atoms with E-state index in [9.17, 15) is 46.1 Å². The van der Waals surface area contributed by atoms with Crippen LogP contribution in [0.4, 0.5) is 26.3 Å². The maximum absolute atomic E-state index is 13.2. The Morgan fingerprint density at radius 2 is 1.58 bits per heavy atom. The number of aromatic hydroxyl groups is 1. The SMILES string of the molecule is O=C([O-])C(F)(F)F.[NH3+][C@H](Cc1ccc(O)cc1)C(=O)N[C@@H](Cc1c[nH]c2c(C(F)(F)F)cccc12)C(=O)O. The minimum absolute atomic E-state index is 0.0761. The van der Waals surface area contributed by atoms with Gasteiger partial charge in [-0.1, -0.05) is 24.3 Å². The van der Waals surface area contributed by atoms with Crippen LogP contribution in [0.3, 0.4) is 0 Å². The van der Waals surface area contributed by atoms with Gasteiger partial charge in [-0.25, -0.2) is 4.79 Å². The molecule has 0 bridgehead atoms. The third-order valence-corrected chi connectivity index (χ3v) is 5.17. The molecule has 38 heavy (non-hydrogen) atoms. The van der Waals surface area contributed by atoms with Crippen LogP contribution in [0, 0.1) is 0 Å². The normalized spacial score (nSPS) is 13.2. The Kier molecular flexibility index (Phi) is 9.34. The number of phenolic OH excluding ortho intramolecular Hbond substituents is 1. The van der Waals surface area contributed by atoms with Crippen LogP contribution >= 0.6 is 0 Å². The lowest BCUT2D eigenvalue weighted by atomic mass is 10.0. The maximum Gasteiger partial charge on any atom is 0.430 e. The summed E-state index contributed by atoms with van der Waals surface area (Å²) in [6, 6.07) is 7.69. The standard InChI is InChI=1S/C21H20F3N3O4.C2HF3O2/c22-21(23,24)15-3-1-2-14-12(10-26-18(14)15)9-17(20(30)31)27-19(29)16(25)8-11-4-6-13(28)7-5-11;3-2(4,5)1(6)7/h1-7,10,16-17,26,28H,8-9,25H2,(H,27,29)(H,30,31);(H,6,7)/t16-,17+;/m1./s1. The average Bonchev–Trinajstić information content (AvgIpc) is 3.22. The number of aromatic nitrogens is 1. The fraction of sp³-hybridized carbons (Fsp3) is 0.261. The molecular weight excluding hydrogens is 528 g/mol. The number of amides is 1. The molecule has 2 aromatic carbocycles. The van der Waals surface area contributed by atoms with Gasteiger partial charge in [0.2, 0.25) is 0 Å². The number of hydrogen-bond acceptors (Lipinski definition) is 5. The molecule has 0 saturated heterocycles. The zero-order valence-corrected chi connectivity index (χ0v) is 19.2. The molecule has 0 fully saturated rings. The molecule has 0 unspecified atom stereocenters. The molecule has 3 rings (SSSR count). The summed E-state index contributed by atoms with van der Waals surface area (Å²) in [5, 5.41) is 30.3. The van der Waals surface area contributed by atoms with Crippen molar-refractivity contribution in [2.75, 3.05) is 0 Å². The number of para-hydroxylation sites is 1. The number of fused-ring (bicyclic) bond motifs is 1. The minimum Gasteiger partial charge on any atom is -0.542 e. The van der Waals surface area contributed by atoms with Gasteiger partial charge in [0.05, 0.1) is 11.1 Å². The van der Waals surface area contributed by atoms with E-state index in [1.165, 1.54) is 30.5 Å². The smallest absolute Gasteiger partial charge is 0.430 e. The molecule has 3 aromatic rings. The van der Waals surface area contributed by atoms with Crippen LogP contribution in [0.25, 0.3) is 10.9 Å². The van der Waals surface area contributed by atoms with Crippen molar-refractivity contribution >= 4 is 28.7 Å². The maximum atomic E-state index is 13.2. The number of aliphatic carboxylic acids is 2. The summed E-state index contributed by atoms with van der Waals surface area (Å²) >= 11 is 0. The van der Waals surface area contributed by atoms with Crippen molar-refractivity contribution < 1.29 is 61.8 Å². The van der Waals surface area contributed by atoms with Gasteiger partial charge in [-0.05, 0) is 29.3 Å². The monoisotopic (exact) mass is 549 g/mol. The summed E-state index contributed by atoms with van der Waals surface area (Å²) in [6.45, 7) is 0. The molecule has 0 radical (unpaired) electrons. The van der Waals surface area contributed by atoms with Crippen molar-refractivity contribution in [1.29, 1.82) is 0 Å². The van der Waals surface area contributed by atoms with E-state index < -0.39 is 47.8 Å². The molecular formula is C23H21F6N3O6. The first-order chi connectivity index (χ1) is 17.5. The van der Waals surface area contributed by atoms with Gasteiger partial charge in [0.15, 0.2) is 6.04 Å². The van der Waals surface area contributed by atoms with Crippen LogP contribution in [0.1, 0.15) is 16.7 Å². The molecule has 2 atom stereocenters. The van der Waals surface area contributed by atoms with E-state index in [2.05, 4.69) is 16.0 Å². The lowest BCUT2D eigenvalue weighted by molar-refractivity contribution is -0.403. The number of halogens is 6. The zero-order valence-electron chi connectivity index (χ0n) is 19.2. The molecule has 0 aliphatic carbocycles. The van der Waals surface area contributed by atoms with Crippen molar-refractivity contribution in [3.63, 3.8) is 0 Å². The van der Waals surface area contributed by atoms with Gasteiger partial charge in [0, 0.05) is 24.4 Å². The number of carbonyl (C=O) groups is 3. The second-order valence-electron chi connectivity index (χ2n) is 8.00. The number of benzene rings is 2. The summed E-state index contributed by atoms with van der Waals surface area (Å²) in [5.74, 6) is -4.84. The van der Waals surface area contributed by atoms with E-state index in [4.69, 9.17) is 9.90 Å². The van der Waals surface area contributed by atoms with E-state index >= 15 is 0 Å². The number of carbonyl (C=O) groups excluding carboxylic acids is 2. The highest BCUT2D eigenvalue weighted by Crippen LogP contribution is 2.35. The van der Waals surface area contributed by atoms with Crippen molar-refractivity contribution in [2.24, 2.45) is 0 Å². The summed E-state index contributed by atoms with van der Waals surface area (Å²) < 4.78 is 71.1. The van der Waals surface area contributed by atoms with Crippen molar-refractivity contribution in [3.05, 3.63) is 65.4 Å². The molecule has 1 aromatic heterocycles. The fourth-order valence-electron chi connectivity index (χ4n) is 3.34. The van der Waals surface area contributed by atoms with Crippen LogP contribution in [-0.4, -0.2) is 51.3 Å². The number of carboxylic acid groups (broad SMARTS) is 2. The molecule has 0 aliphatic rings. The van der Waals surface area contributed by atoms with Crippen molar-refractivity contribution in [3.8, 4) is 5.75 Å². The number of alkyl halides is 6. The largest absolute Gasteiger partial charge is 0.542 e. The quantitative estimate of drug-likeness (QED) is 0.277. The first kappa shape index (κ1) is 30.0. The Bertz CT molecular complexity index is 1290. The Morgan fingerprint density at radius 3 is 2.08 bits per heavy atom. The molecule has 15 heteroatoms. The minimum atomic E-state index is -5.19. The lowest BCUT2D eigenvalue weighted by Gasteiger charge is -2.16. The molecule has 206 valence electrons. The number of aromatic amines is 1. The van der Waals surface area contributed by atoms with Gasteiger partial charge in [-0.2, -0.15) is 26.3 Å². The first-order valence-electron chi connectivity index (χ1n) is 10.6. The van der Waals surface area contributed by atoms with Crippen molar-refractivity contribution in [1.82, 2.24) is 10.3 Å². The number of hydrogen-bond donors (Lipinski definition) is 5. The molecule has 9 nitrogen and oxygen atoms in total. The van der Waals surface area contributed by atoms with Gasteiger partial charge in [0.1, 0.15) is 17.8 Å². The number of quaternary nitrogens is 1. The highest BCUT2D eigenvalue weighted by Gasteiger charge is 2.34. The summed E-state index contributed by atoms with van der Waals surface area (Å²) in [5.41, 5.74) is 3.84. The molecule has 0 aliphatic heterocycles. The van der Waals surface area contributed by atoms with Crippen molar-refractivity contribution in [2.45, 2.75) is 37.3 Å². The Morgan fingerprint density at radius 1 is 1.00 bits per heavy atom. The predicted octanol–water partition coefficient (Wildman–Crippen LogP) is 1.16.